The van der Waals surface area contributed by atoms with E-state index >= 15 is 0 Å². The van der Waals surface area contributed by atoms with Crippen molar-refractivity contribution in [2.24, 2.45) is 5.73 Å². The predicted molar refractivity (Wildman–Crippen MR) is 111 cm³/mol. The molecule has 0 saturated carbocycles. The Labute approximate surface area is 167 Å². The maximum absolute atomic E-state index is 13.0. The zero-order chi connectivity index (χ0) is 18.9. The van der Waals surface area contributed by atoms with Crippen LogP contribution in [0.4, 0.5) is 0 Å². The Bertz CT molecular complexity index is 737. The van der Waals surface area contributed by atoms with E-state index in [-0.39, 0.29) is 24.2 Å². The molecule has 0 aliphatic rings. The van der Waals surface area contributed by atoms with Crippen molar-refractivity contribution in [1.82, 2.24) is 9.80 Å². The van der Waals surface area contributed by atoms with Crippen LogP contribution in [0.25, 0.3) is 0 Å². The predicted octanol–water partition coefficient (Wildman–Crippen LogP) is 3.19. The molecule has 0 aliphatic heterocycles. The summed E-state index contributed by atoms with van der Waals surface area (Å²) in [6.45, 7) is 4.16. The molecule has 146 valence electrons. The Morgan fingerprint density at radius 3 is 2.19 bits per heavy atom. The van der Waals surface area contributed by atoms with Crippen LogP contribution in [0, 0.1) is 0 Å². The van der Waals surface area contributed by atoms with E-state index in [1.54, 1.807) is 41.1 Å². The van der Waals surface area contributed by atoms with Crippen molar-refractivity contribution in [3.05, 3.63) is 71.3 Å². The molecule has 2 aromatic carbocycles. The van der Waals surface area contributed by atoms with Gasteiger partial charge in [-0.1, -0.05) is 36.4 Å². The molecule has 0 aliphatic carbocycles. The van der Waals surface area contributed by atoms with Crippen LogP contribution in [0.1, 0.15) is 39.6 Å². The fraction of sp³-hybridized carbons (Fsp3) is 0.333. The summed E-state index contributed by atoms with van der Waals surface area (Å²) in [5.74, 6) is -0.171. The van der Waals surface area contributed by atoms with Crippen LogP contribution >= 0.6 is 12.4 Å². The zero-order valence-electron chi connectivity index (χ0n) is 15.9. The Kier molecular flexibility index (Phi) is 9.54. The number of hydrogen-bond acceptors (Lipinski definition) is 3. The number of amides is 2. The number of nitrogens with zero attached hydrogens (tertiary/aromatic N) is 2. The smallest absolute Gasteiger partial charge is 0.254 e. The average Bonchev–Trinajstić information content (AvgIpc) is 2.70. The fourth-order valence-electron chi connectivity index (χ4n) is 2.67. The molecule has 0 aromatic heterocycles. The van der Waals surface area contributed by atoms with Crippen molar-refractivity contribution in [2.45, 2.75) is 19.9 Å². The number of carbonyl (C=O) groups excluding carboxylic acids is 2. The van der Waals surface area contributed by atoms with Crippen LogP contribution in [-0.4, -0.2) is 48.3 Å². The van der Waals surface area contributed by atoms with E-state index in [0.717, 1.165) is 12.0 Å². The number of hydrogen-bond donors (Lipinski definition) is 1. The second-order valence-electron chi connectivity index (χ2n) is 6.25. The van der Waals surface area contributed by atoms with Gasteiger partial charge in [0, 0.05) is 37.8 Å². The van der Waals surface area contributed by atoms with Crippen LogP contribution in [0.3, 0.4) is 0 Å². The summed E-state index contributed by atoms with van der Waals surface area (Å²) in [5, 5.41) is 0. The highest BCUT2D eigenvalue weighted by Gasteiger charge is 2.18. The number of halogens is 1. The highest BCUT2D eigenvalue weighted by atomic mass is 35.5. The molecule has 0 radical (unpaired) electrons. The molecule has 2 rings (SSSR count). The Morgan fingerprint density at radius 2 is 1.59 bits per heavy atom. The quantitative estimate of drug-likeness (QED) is 0.753. The van der Waals surface area contributed by atoms with E-state index in [2.05, 4.69) is 0 Å². The van der Waals surface area contributed by atoms with Gasteiger partial charge in [-0.2, -0.15) is 0 Å². The molecular weight excluding hydrogens is 362 g/mol. The maximum Gasteiger partial charge on any atom is 0.254 e. The molecule has 2 amide bonds. The Balaban J connectivity index is 0.00000364. The molecule has 5 nitrogen and oxygen atoms in total. The molecule has 0 bridgehead atoms. The van der Waals surface area contributed by atoms with E-state index in [1.807, 2.05) is 37.3 Å². The fourth-order valence-corrected chi connectivity index (χ4v) is 2.67. The van der Waals surface area contributed by atoms with E-state index in [4.69, 9.17) is 5.73 Å². The minimum absolute atomic E-state index is 0. The summed E-state index contributed by atoms with van der Waals surface area (Å²) in [5.41, 5.74) is 7.75. The van der Waals surface area contributed by atoms with Gasteiger partial charge in [0.1, 0.15) is 0 Å². The first kappa shape index (κ1) is 22.7. The molecule has 0 atom stereocenters. The monoisotopic (exact) mass is 389 g/mol. The molecular formula is C21H28ClN3O2. The Hall–Kier alpha value is -2.37. The number of nitrogens with two attached hydrogens (primary N) is 1. The third kappa shape index (κ3) is 6.38. The second-order valence-corrected chi connectivity index (χ2v) is 6.25. The molecule has 27 heavy (non-hydrogen) atoms. The summed E-state index contributed by atoms with van der Waals surface area (Å²) in [6, 6.07) is 16.8. The lowest BCUT2D eigenvalue weighted by atomic mass is 10.1. The molecule has 6 heteroatoms. The Morgan fingerprint density at radius 1 is 0.963 bits per heavy atom. The minimum Gasteiger partial charge on any atom is -0.342 e. The first-order valence-corrected chi connectivity index (χ1v) is 8.95. The molecule has 0 saturated heterocycles. The van der Waals surface area contributed by atoms with Crippen molar-refractivity contribution < 1.29 is 9.59 Å². The topological polar surface area (TPSA) is 66.6 Å². The van der Waals surface area contributed by atoms with Gasteiger partial charge < -0.3 is 15.5 Å². The average molecular weight is 390 g/mol. The molecule has 0 spiro atoms. The van der Waals surface area contributed by atoms with E-state index < -0.39 is 0 Å². The van der Waals surface area contributed by atoms with E-state index in [0.29, 0.717) is 37.3 Å². The van der Waals surface area contributed by atoms with E-state index in [9.17, 15) is 9.59 Å². The van der Waals surface area contributed by atoms with Crippen molar-refractivity contribution in [2.75, 3.05) is 26.7 Å². The van der Waals surface area contributed by atoms with Crippen LogP contribution < -0.4 is 5.73 Å². The highest BCUT2D eigenvalue weighted by molar-refractivity contribution is 5.99. The van der Waals surface area contributed by atoms with Gasteiger partial charge in [0.2, 0.25) is 0 Å². The van der Waals surface area contributed by atoms with Crippen LogP contribution in [0.2, 0.25) is 0 Å². The van der Waals surface area contributed by atoms with E-state index in [1.165, 1.54) is 0 Å². The zero-order valence-corrected chi connectivity index (χ0v) is 16.7. The summed E-state index contributed by atoms with van der Waals surface area (Å²) in [4.78, 5) is 28.8. The van der Waals surface area contributed by atoms with Crippen LogP contribution in [-0.2, 0) is 6.54 Å². The maximum atomic E-state index is 13.0. The lowest BCUT2D eigenvalue weighted by molar-refractivity contribution is 0.0742. The van der Waals surface area contributed by atoms with Crippen molar-refractivity contribution in [1.29, 1.82) is 0 Å². The third-order valence-corrected chi connectivity index (χ3v) is 4.31. The summed E-state index contributed by atoms with van der Waals surface area (Å²) >= 11 is 0. The molecule has 0 heterocycles. The third-order valence-electron chi connectivity index (χ3n) is 4.31. The van der Waals surface area contributed by atoms with Gasteiger partial charge in [-0.05, 0) is 43.7 Å². The van der Waals surface area contributed by atoms with Crippen molar-refractivity contribution in [3.63, 3.8) is 0 Å². The standard InChI is InChI=1S/C21H27N3O2.ClH/c1-3-23(2)20(25)18-11-7-12-19(15-18)21(26)24(14-8-13-22)16-17-9-5-4-6-10-17;/h4-7,9-12,15H,3,8,13-14,16,22H2,1-2H3;1H. The molecule has 2 aromatic rings. The van der Waals surface area contributed by atoms with Gasteiger partial charge >= 0.3 is 0 Å². The molecule has 0 fully saturated rings. The van der Waals surface area contributed by atoms with Gasteiger partial charge in [-0.3, -0.25) is 9.59 Å². The molecule has 0 unspecified atom stereocenters. The first-order chi connectivity index (χ1) is 12.6. The van der Waals surface area contributed by atoms with Gasteiger partial charge in [0.15, 0.2) is 0 Å². The SMILES string of the molecule is CCN(C)C(=O)c1cccc(C(=O)N(CCCN)Cc2ccccc2)c1.Cl. The van der Waals surface area contributed by atoms with Crippen LogP contribution in [0.15, 0.2) is 54.6 Å². The second kappa shape index (κ2) is 11.4. The summed E-state index contributed by atoms with van der Waals surface area (Å²) in [7, 11) is 1.75. The number of rotatable bonds is 8. The van der Waals surface area contributed by atoms with Gasteiger partial charge in [-0.25, -0.2) is 0 Å². The normalized spacial score (nSPS) is 10.0. The molecule has 2 N–H and O–H groups in total. The summed E-state index contributed by atoms with van der Waals surface area (Å²) < 4.78 is 0. The van der Waals surface area contributed by atoms with Gasteiger partial charge in [0.05, 0.1) is 0 Å². The lowest BCUT2D eigenvalue weighted by Gasteiger charge is -2.23. The largest absolute Gasteiger partial charge is 0.342 e. The lowest BCUT2D eigenvalue weighted by Crippen LogP contribution is -2.33. The minimum atomic E-state index is -0.0869. The van der Waals surface area contributed by atoms with Gasteiger partial charge in [0.25, 0.3) is 11.8 Å². The van der Waals surface area contributed by atoms with Crippen molar-refractivity contribution >= 4 is 24.2 Å². The van der Waals surface area contributed by atoms with Crippen LogP contribution in [0.5, 0.6) is 0 Å². The van der Waals surface area contributed by atoms with Crippen molar-refractivity contribution in [3.8, 4) is 0 Å². The number of carbonyl (C=O) groups is 2. The highest BCUT2D eigenvalue weighted by Crippen LogP contribution is 2.14. The first-order valence-electron chi connectivity index (χ1n) is 8.95. The number of benzene rings is 2. The van der Waals surface area contributed by atoms with Gasteiger partial charge in [-0.15, -0.1) is 12.4 Å². The summed E-state index contributed by atoms with van der Waals surface area (Å²) in [6.07, 6.45) is 0.732.